The first-order valence-electron chi connectivity index (χ1n) is 6.19. The van der Waals surface area contributed by atoms with Crippen LogP contribution in [0.25, 0.3) is 5.57 Å². The van der Waals surface area contributed by atoms with E-state index in [0.29, 0.717) is 24.8 Å². The van der Waals surface area contributed by atoms with Crippen LogP contribution in [0, 0.1) is 17.5 Å². The summed E-state index contributed by atoms with van der Waals surface area (Å²) in [6, 6.07) is 2.04. The molecule has 1 fully saturated rings. The molecule has 19 heavy (non-hydrogen) atoms. The zero-order valence-corrected chi connectivity index (χ0v) is 10.4. The summed E-state index contributed by atoms with van der Waals surface area (Å²) >= 11 is 0. The van der Waals surface area contributed by atoms with Crippen LogP contribution >= 0.6 is 0 Å². The number of benzene rings is 1. The molecule has 0 atom stereocenters. The van der Waals surface area contributed by atoms with Crippen molar-refractivity contribution in [2.75, 3.05) is 0 Å². The van der Waals surface area contributed by atoms with E-state index >= 15 is 0 Å². The van der Waals surface area contributed by atoms with Gasteiger partial charge in [0.25, 0.3) is 0 Å². The minimum atomic E-state index is -1.43. The molecule has 1 aliphatic heterocycles. The van der Waals surface area contributed by atoms with Gasteiger partial charge in [0.05, 0.1) is 0 Å². The monoisotopic (exact) mass is 270 g/mol. The standard InChI is InChI=1S/C14H13F3O2/c1-8-18-14(19-8)4-2-9(3-5-14)10-6-11(15)13(17)12(16)7-10/h2,6-8H,3-5H2,1H3. The molecule has 2 aliphatic rings. The van der Waals surface area contributed by atoms with Crippen molar-refractivity contribution in [2.45, 2.75) is 38.3 Å². The van der Waals surface area contributed by atoms with Gasteiger partial charge in [-0.15, -0.1) is 0 Å². The van der Waals surface area contributed by atoms with Crippen molar-refractivity contribution in [3.8, 4) is 0 Å². The maximum absolute atomic E-state index is 13.2. The van der Waals surface area contributed by atoms with Crippen molar-refractivity contribution >= 4 is 5.57 Å². The van der Waals surface area contributed by atoms with E-state index in [4.69, 9.17) is 9.47 Å². The van der Waals surface area contributed by atoms with Gasteiger partial charge in [-0.05, 0) is 36.6 Å². The molecule has 0 bridgehead atoms. The van der Waals surface area contributed by atoms with Crippen molar-refractivity contribution in [1.29, 1.82) is 0 Å². The molecule has 1 aromatic carbocycles. The van der Waals surface area contributed by atoms with Crippen LogP contribution in [-0.2, 0) is 9.47 Å². The van der Waals surface area contributed by atoms with Crippen molar-refractivity contribution < 1.29 is 22.6 Å². The fourth-order valence-electron chi connectivity index (χ4n) is 2.64. The molecule has 0 unspecified atom stereocenters. The number of hydrogen-bond donors (Lipinski definition) is 0. The second-order valence-corrected chi connectivity index (χ2v) is 4.90. The predicted molar refractivity (Wildman–Crippen MR) is 62.5 cm³/mol. The Balaban J connectivity index is 1.83. The second-order valence-electron chi connectivity index (χ2n) is 4.90. The lowest BCUT2D eigenvalue weighted by Gasteiger charge is -2.47. The minimum absolute atomic E-state index is 0.198. The summed E-state index contributed by atoms with van der Waals surface area (Å²) in [5.41, 5.74) is 1.16. The lowest BCUT2D eigenvalue weighted by molar-refractivity contribution is -0.446. The largest absolute Gasteiger partial charge is 0.321 e. The topological polar surface area (TPSA) is 18.5 Å². The van der Waals surface area contributed by atoms with Gasteiger partial charge < -0.3 is 9.47 Å². The highest BCUT2D eigenvalue weighted by Crippen LogP contribution is 2.43. The van der Waals surface area contributed by atoms with Crippen LogP contribution in [0.3, 0.4) is 0 Å². The normalized spacial score (nSPS) is 30.1. The highest BCUT2D eigenvalue weighted by Gasteiger charge is 2.45. The van der Waals surface area contributed by atoms with Crippen LogP contribution in [0.1, 0.15) is 31.7 Å². The summed E-state index contributed by atoms with van der Waals surface area (Å²) in [7, 11) is 0. The van der Waals surface area contributed by atoms with E-state index in [1.807, 2.05) is 13.0 Å². The molecule has 1 aromatic rings. The maximum Gasteiger partial charge on any atom is 0.194 e. The van der Waals surface area contributed by atoms with Crippen LogP contribution < -0.4 is 0 Å². The summed E-state index contributed by atoms with van der Waals surface area (Å²) in [5, 5.41) is 0. The van der Waals surface area contributed by atoms with Gasteiger partial charge in [0.2, 0.25) is 0 Å². The highest BCUT2D eigenvalue weighted by molar-refractivity contribution is 5.66. The van der Waals surface area contributed by atoms with E-state index in [-0.39, 0.29) is 6.29 Å². The van der Waals surface area contributed by atoms with Gasteiger partial charge >= 0.3 is 0 Å². The summed E-state index contributed by atoms with van der Waals surface area (Å²) in [5.74, 6) is -4.34. The van der Waals surface area contributed by atoms with E-state index in [0.717, 1.165) is 17.7 Å². The average Bonchev–Trinajstić information content (AvgIpc) is 2.35. The molecule has 5 heteroatoms. The Bertz CT molecular complexity index is 525. The maximum atomic E-state index is 13.2. The van der Waals surface area contributed by atoms with Gasteiger partial charge in [-0.2, -0.15) is 0 Å². The molecule has 0 amide bonds. The lowest BCUT2D eigenvalue weighted by Crippen LogP contribution is -2.52. The quantitative estimate of drug-likeness (QED) is 0.723. The van der Waals surface area contributed by atoms with Gasteiger partial charge in [0, 0.05) is 12.8 Å². The van der Waals surface area contributed by atoms with Gasteiger partial charge in [-0.3, -0.25) is 0 Å². The van der Waals surface area contributed by atoms with Crippen LogP contribution in [0.2, 0.25) is 0 Å². The van der Waals surface area contributed by atoms with E-state index < -0.39 is 23.2 Å². The molecular formula is C14H13F3O2. The molecule has 0 N–H and O–H groups in total. The molecular weight excluding hydrogens is 257 g/mol. The average molecular weight is 270 g/mol. The molecule has 102 valence electrons. The Hall–Kier alpha value is -1.33. The van der Waals surface area contributed by atoms with Crippen LogP contribution in [0.15, 0.2) is 18.2 Å². The number of rotatable bonds is 1. The summed E-state index contributed by atoms with van der Waals surface area (Å²) in [6.07, 6.45) is 3.38. The van der Waals surface area contributed by atoms with E-state index in [2.05, 4.69) is 0 Å². The Labute approximate surface area is 108 Å². The predicted octanol–water partition coefficient (Wildman–Crippen LogP) is 3.76. The number of ether oxygens (including phenoxy) is 2. The zero-order valence-electron chi connectivity index (χ0n) is 10.4. The van der Waals surface area contributed by atoms with Crippen LogP contribution in [0.5, 0.6) is 0 Å². The Kier molecular flexibility index (Phi) is 2.91. The van der Waals surface area contributed by atoms with Crippen molar-refractivity contribution in [3.05, 3.63) is 41.2 Å². The molecule has 1 heterocycles. The lowest BCUT2D eigenvalue weighted by atomic mass is 9.89. The first-order chi connectivity index (χ1) is 8.99. The minimum Gasteiger partial charge on any atom is -0.321 e. The van der Waals surface area contributed by atoms with Gasteiger partial charge in [-0.25, -0.2) is 13.2 Å². The fraction of sp³-hybridized carbons (Fsp3) is 0.429. The highest BCUT2D eigenvalue weighted by atomic mass is 19.2. The molecule has 0 saturated carbocycles. The van der Waals surface area contributed by atoms with Crippen molar-refractivity contribution in [2.24, 2.45) is 0 Å². The first kappa shape index (κ1) is 12.7. The number of halogens is 3. The Morgan fingerprint density at radius 3 is 2.26 bits per heavy atom. The van der Waals surface area contributed by atoms with E-state index in [1.165, 1.54) is 0 Å². The third-order valence-corrected chi connectivity index (χ3v) is 3.55. The molecule has 1 aliphatic carbocycles. The fourth-order valence-corrected chi connectivity index (χ4v) is 2.64. The molecule has 2 nitrogen and oxygen atoms in total. The van der Waals surface area contributed by atoms with E-state index in [9.17, 15) is 13.2 Å². The third-order valence-electron chi connectivity index (χ3n) is 3.55. The molecule has 1 spiro atoms. The number of hydrogen-bond acceptors (Lipinski definition) is 2. The summed E-state index contributed by atoms with van der Waals surface area (Å²) < 4.78 is 50.4. The SMILES string of the molecule is CC1OC2(CC=C(c3cc(F)c(F)c(F)c3)CC2)O1. The molecule has 3 rings (SSSR count). The smallest absolute Gasteiger partial charge is 0.194 e. The zero-order chi connectivity index (χ0) is 13.6. The van der Waals surface area contributed by atoms with Gasteiger partial charge in [0.15, 0.2) is 29.5 Å². The Morgan fingerprint density at radius 2 is 1.79 bits per heavy atom. The van der Waals surface area contributed by atoms with Crippen LogP contribution in [-0.4, -0.2) is 12.1 Å². The van der Waals surface area contributed by atoms with Crippen molar-refractivity contribution in [1.82, 2.24) is 0 Å². The van der Waals surface area contributed by atoms with Gasteiger partial charge in [0.1, 0.15) is 0 Å². The second kappa shape index (κ2) is 4.35. The van der Waals surface area contributed by atoms with E-state index in [1.54, 1.807) is 0 Å². The summed E-state index contributed by atoms with van der Waals surface area (Å²) in [6.45, 7) is 1.81. The Morgan fingerprint density at radius 1 is 1.16 bits per heavy atom. The van der Waals surface area contributed by atoms with Gasteiger partial charge in [-0.1, -0.05) is 6.08 Å². The third kappa shape index (κ3) is 2.17. The molecule has 1 saturated heterocycles. The number of allylic oxidation sites excluding steroid dienone is 1. The van der Waals surface area contributed by atoms with Crippen molar-refractivity contribution in [3.63, 3.8) is 0 Å². The molecule has 0 radical (unpaired) electrons. The first-order valence-corrected chi connectivity index (χ1v) is 6.19. The molecule has 0 aromatic heterocycles. The van der Waals surface area contributed by atoms with Crippen LogP contribution in [0.4, 0.5) is 13.2 Å². The summed E-state index contributed by atoms with van der Waals surface area (Å²) in [4.78, 5) is 0.